The molecule has 0 fully saturated rings. The maximum Gasteiger partial charge on any atom is 0.299 e. The minimum Gasteiger partial charge on any atom is -0.486 e. The molecule has 0 spiro atoms. The Morgan fingerprint density at radius 1 is 1.00 bits per heavy atom. The fraction of sp³-hybridized carbons (Fsp3) is 0.250. The molecule has 0 saturated carbocycles. The molecule has 1 heterocycles. The molecule has 0 aliphatic carbocycles. The van der Waals surface area contributed by atoms with Crippen molar-refractivity contribution in [3.05, 3.63) is 62.2 Å². The van der Waals surface area contributed by atoms with Gasteiger partial charge in [-0.25, -0.2) is 0 Å². The lowest BCUT2D eigenvalue weighted by atomic mass is 10.1. The number of nitrogens with zero attached hydrogens (tertiary/aromatic N) is 3. The Balaban J connectivity index is 1.87. The fourth-order valence-corrected chi connectivity index (χ4v) is 2.64. The number of hydrogen-bond donors (Lipinski definition) is 0. The highest BCUT2D eigenvalue weighted by Gasteiger charge is 2.22. The number of hydrogen-bond acceptors (Lipinski definition) is 7. The molecule has 0 amide bonds. The van der Waals surface area contributed by atoms with Gasteiger partial charge in [-0.05, 0) is 23.8 Å². The van der Waals surface area contributed by atoms with Crippen LogP contribution >= 0.6 is 0 Å². The predicted octanol–water partition coefficient (Wildman–Crippen LogP) is 2.91. The van der Waals surface area contributed by atoms with Crippen LogP contribution in [0.15, 0.2) is 36.4 Å². The quantitative estimate of drug-likeness (QED) is 0.605. The van der Waals surface area contributed by atoms with E-state index in [-0.39, 0.29) is 11.4 Å². The molecule has 3 rings (SSSR count). The Kier molecular flexibility index (Phi) is 4.38. The fourth-order valence-electron chi connectivity index (χ4n) is 2.64. The van der Waals surface area contributed by atoms with Gasteiger partial charge in [0.2, 0.25) is 0 Å². The minimum absolute atomic E-state index is 0.297. The zero-order valence-corrected chi connectivity index (χ0v) is 13.4. The first-order chi connectivity index (χ1) is 12.0. The zero-order chi connectivity index (χ0) is 18.0. The molecule has 9 heteroatoms. The van der Waals surface area contributed by atoms with E-state index in [9.17, 15) is 20.2 Å². The van der Waals surface area contributed by atoms with Gasteiger partial charge in [0.1, 0.15) is 18.9 Å². The summed E-state index contributed by atoms with van der Waals surface area (Å²) in [6, 6.07) is 9.07. The van der Waals surface area contributed by atoms with Crippen molar-refractivity contribution < 1.29 is 19.3 Å². The normalized spacial score (nSPS) is 12.5. The van der Waals surface area contributed by atoms with E-state index in [0.29, 0.717) is 36.9 Å². The topological polar surface area (TPSA) is 108 Å². The van der Waals surface area contributed by atoms with Gasteiger partial charge in [0, 0.05) is 19.7 Å². The van der Waals surface area contributed by atoms with Gasteiger partial charge in [-0.15, -0.1) is 0 Å². The molecule has 0 bridgehead atoms. The smallest absolute Gasteiger partial charge is 0.299 e. The molecular formula is C16H15N3O6. The molecule has 0 atom stereocenters. The van der Waals surface area contributed by atoms with Crippen LogP contribution in [-0.2, 0) is 6.54 Å². The van der Waals surface area contributed by atoms with Crippen molar-refractivity contribution in [3.63, 3.8) is 0 Å². The second-order valence-corrected chi connectivity index (χ2v) is 5.52. The van der Waals surface area contributed by atoms with E-state index in [1.807, 2.05) is 12.1 Å². The first kappa shape index (κ1) is 16.5. The molecule has 0 radical (unpaired) electrons. The summed E-state index contributed by atoms with van der Waals surface area (Å²) < 4.78 is 11.0. The van der Waals surface area contributed by atoms with Crippen molar-refractivity contribution in [1.29, 1.82) is 0 Å². The highest BCUT2D eigenvalue weighted by Crippen LogP contribution is 2.34. The largest absolute Gasteiger partial charge is 0.486 e. The Morgan fingerprint density at radius 3 is 2.40 bits per heavy atom. The number of rotatable bonds is 5. The van der Waals surface area contributed by atoms with Gasteiger partial charge >= 0.3 is 0 Å². The average molecular weight is 345 g/mol. The monoisotopic (exact) mass is 345 g/mol. The molecule has 0 N–H and O–H groups in total. The van der Waals surface area contributed by atoms with Crippen molar-refractivity contribution in [2.75, 3.05) is 25.2 Å². The third kappa shape index (κ3) is 3.44. The van der Waals surface area contributed by atoms with Crippen LogP contribution < -0.4 is 14.4 Å². The van der Waals surface area contributed by atoms with E-state index in [0.717, 1.165) is 11.6 Å². The predicted molar refractivity (Wildman–Crippen MR) is 89.3 cm³/mol. The van der Waals surface area contributed by atoms with Crippen molar-refractivity contribution in [2.24, 2.45) is 0 Å². The van der Waals surface area contributed by atoms with Gasteiger partial charge in [-0.2, -0.15) is 0 Å². The van der Waals surface area contributed by atoms with E-state index < -0.39 is 9.85 Å². The zero-order valence-electron chi connectivity index (χ0n) is 13.4. The summed E-state index contributed by atoms with van der Waals surface area (Å²) in [5.41, 5.74) is 0.544. The van der Waals surface area contributed by atoms with E-state index in [4.69, 9.17) is 9.47 Å². The lowest BCUT2D eigenvalue weighted by Crippen LogP contribution is -2.19. The Hall–Kier alpha value is -3.36. The molecule has 25 heavy (non-hydrogen) atoms. The van der Waals surface area contributed by atoms with Crippen molar-refractivity contribution in [2.45, 2.75) is 6.54 Å². The summed E-state index contributed by atoms with van der Waals surface area (Å²) in [4.78, 5) is 22.5. The molecule has 0 unspecified atom stereocenters. The molecule has 1 aliphatic rings. The van der Waals surface area contributed by atoms with Gasteiger partial charge < -0.3 is 14.4 Å². The number of non-ortho nitro benzene ring substituents is 1. The van der Waals surface area contributed by atoms with Gasteiger partial charge in [-0.3, -0.25) is 20.2 Å². The lowest BCUT2D eigenvalue weighted by Gasteiger charge is -2.22. The van der Waals surface area contributed by atoms with Gasteiger partial charge in [0.25, 0.3) is 11.4 Å². The summed E-state index contributed by atoms with van der Waals surface area (Å²) in [6.07, 6.45) is 0. The molecule has 2 aromatic carbocycles. The van der Waals surface area contributed by atoms with Gasteiger partial charge in [0.05, 0.1) is 15.9 Å². The van der Waals surface area contributed by atoms with E-state index in [1.54, 1.807) is 18.0 Å². The Labute approximate surface area is 142 Å². The number of nitro benzene ring substituents is 2. The number of anilines is 1. The SMILES string of the molecule is CN(Cc1ccc2c(c1)OCCO2)c1ccc([N+](=O)[O-])cc1[N+](=O)[O-]. The van der Waals surface area contributed by atoms with Crippen LogP contribution in [0.3, 0.4) is 0 Å². The van der Waals surface area contributed by atoms with E-state index >= 15 is 0 Å². The molecule has 2 aromatic rings. The van der Waals surface area contributed by atoms with Crippen LogP contribution in [0, 0.1) is 20.2 Å². The summed E-state index contributed by atoms with van der Waals surface area (Å²) in [6.45, 7) is 1.34. The maximum atomic E-state index is 11.3. The van der Waals surface area contributed by atoms with Crippen molar-refractivity contribution >= 4 is 17.1 Å². The summed E-state index contributed by atoms with van der Waals surface area (Å²) >= 11 is 0. The number of benzene rings is 2. The van der Waals surface area contributed by atoms with Crippen LogP contribution in [0.2, 0.25) is 0 Å². The van der Waals surface area contributed by atoms with Crippen molar-refractivity contribution in [3.8, 4) is 11.5 Å². The third-order valence-electron chi connectivity index (χ3n) is 3.80. The summed E-state index contributed by atoms with van der Waals surface area (Å²) in [5.74, 6) is 1.30. The van der Waals surface area contributed by atoms with Crippen LogP contribution in [0.25, 0.3) is 0 Å². The first-order valence-electron chi connectivity index (χ1n) is 7.48. The van der Waals surface area contributed by atoms with E-state index in [2.05, 4.69) is 0 Å². The second kappa shape index (κ2) is 6.63. The molecular weight excluding hydrogens is 330 g/mol. The number of fused-ring (bicyclic) bond motifs is 1. The highest BCUT2D eigenvalue weighted by molar-refractivity contribution is 5.66. The lowest BCUT2D eigenvalue weighted by molar-refractivity contribution is -0.393. The van der Waals surface area contributed by atoms with Crippen LogP contribution in [0.1, 0.15) is 5.56 Å². The average Bonchev–Trinajstić information content (AvgIpc) is 2.60. The maximum absolute atomic E-state index is 11.3. The molecule has 0 saturated heterocycles. The van der Waals surface area contributed by atoms with Crippen molar-refractivity contribution in [1.82, 2.24) is 0 Å². The minimum atomic E-state index is -0.655. The molecule has 1 aliphatic heterocycles. The van der Waals surface area contributed by atoms with Gasteiger partial charge in [-0.1, -0.05) is 6.07 Å². The van der Waals surface area contributed by atoms with Crippen LogP contribution in [0.4, 0.5) is 17.1 Å². The summed E-state index contributed by atoms with van der Waals surface area (Å²) in [7, 11) is 1.69. The Bertz CT molecular complexity index is 839. The third-order valence-corrected chi connectivity index (χ3v) is 3.80. The molecule has 130 valence electrons. The van der Waals surface area contributed by atoms with E-state index in [1.165, 1.54) is 12.1 Å². The number of nitro groups is 2. The van der Waals surface area contributed by atoms with Gasteiger partial charge in [0.15, 0.2) is 11.5 Å². The highest BCUT2D eigenvalue weighted by atomic mass is 16.6. The van der Waals surface area contributed by atoms with Crippen LogP contribution in [-0.4, -0.2) is 30.1 Å². The molecule has 0 aromatic heterocycles. The number of ether oxygens (including phenoxy) is 2. The molecule has 9 nitrogen and oxygen atoms in total. The standard InChI is InChI=1S/C16H15N3O6/c1-17(10-11-2-5-15-16(8-11)25-7-6-24-15)13-4-3-12(18(20)21)9-14(13)19(22)23/h2-5,8-9H,6-7,10H2,1H3. The van der Waals surface area contributed by atoms with Crippen LogP contribution in [0.5, 0.6) is 11.5 Å². The first-order valence-corrected chi connectivity index (χ1v) is 7.48. The Morgan fingerprint density at radius 2 is 1.72 bits per heavy atom. The summed E-state index contributed by atoms with van der Waals surface area (Å²) in [5, 5.41) is 22.1. The second-order valence-electron chi connectivity index (χ2n) is 5.52.